The molecule has 2 unspecified atom stereocenters. The fourth-order valence-electron chi connectivity index (χ4n) is 3.06. The van der Waals surface area contributed by atoms with E-state index in [1.165, 1.54) is 32.8 Å². The van der Waals surface area contributed by atoms with Crippen LogP contribution in [0, 0.1) is 11.8 Å². The smallest absolute Gasteiger partial charge is 0.474 e. The van der Waals surface area contributed by atoms with Crippen molar-refractivity contribution in [1.82, 2.24) is 0 Å². The molecule has 190 valence electrons. The van der Waals surface area contributed by atoms with Gasteiger partial charge in [-0.15, -0.1) is 0 Å². The molecular formula is C26H45O6P. The van der Waals surface area contributed by atoms with E-state index < -0.39 is 13.8 Å². The van der Waals surface area contributed by atoms with Gasteiger partial charge < -0.3 is 5.11 Å². The zero-order valence-corrected chi connectivity index (χ0v) is 22.1. The number of hydrogen-bond acceptors (Lipinski definition) is 5. The van der Waals surface area contributed by atoms with Gasteiger partial charge in [0.1, 0.15) is 0 Å². The maximum Gasteiger partial charge on any atom is 0.474 e. The van der Waals surface area contributed by atoms with Crippen molar-refractivity contribution in [2.24, 2.45) is 11.8 Å². The largest absolute Gasteiger partial charge is 0.478 e. The molecule has 0 bridgehead atoms. The minimum atomic E-state index is -3.40. The summed E-state index contributed by atoms with van der Waals surface area (Å²) in [4.78, 5) is 10.1. The van der Waals surface area contributed by atoms with Gasteiger partial charge in [0, 0.05) is 13.2 Å². The van der Waals surface area contributed by atoms with Gasteiger partial charge in [-0.3, -0.25) is 13.6 Å². The lowest BCUT2D eigenvalue weighted by Crippen LogP contribution is -2.12. The van der Waals surface area contributed by atoms with Gasteiger partial charge in [0.05, 0.1) is 13.2 Å². The number of hydrogen-bond donors (Lipinski definition) is 1. The van der Waals surface area contributed by atoms with Gasteiger partial charge in [-0.2, -0.15) is 0 Å². The summed E-state index contributed by atoms with van der Waals surface area (Å²) < 4.78 is 28.6. The monoisotopic (exact) mass is 484 g/mol. The lowest BCUT2D eigenvalue weighted by atomic mass is 10.0. The summed E-state index contributed by atoms with van der Waals surface area (Å²) >= 11 is 0. The Balaban J connectivity index is 0.000000771. The molecule has 0 aliphatic heterocycles. The zero-order chi connectivity index (χ0) is 25.0. The topological polar surface area (TPSA) is 82.1 Å². The minimum absolute atomic E-state index is 0.425. The summed E-state index contributed by atoms with van der Waals surface area (Å²) in [5.41, 5.74) is 0.898. The number of carboxylic acid groups (broad SMARTS) is 1. The van der Waals surface area contributed by atoms with Crippen molar-refractivity contribution in [1.29, 1.82) is 0 Å². The number of phosphoric ester groups is 1. The van der Waals surface area contributed by atoms with E-state index in [1.807, 2.05) is 30.3 Å². The van der Waals surface area contributed by atoms with Crippen molar-refractivity contribution >= 4 is 19.9 Å². The molecule has 0 fully saturated rings. The molecule has 33 heavy (non-hydrogen) atoms. The predicted molar refractivity (Wildman–Crippen MR) is 136 cm³/mol. The van der Waals surface area contributed by atoms with Crippen LogP contribution >= 0.6 is 7.82 Å². The minimum Gasteiger partial charge on any atom is -0.478 e. The Bertz CT molecular complexity index is 653. The molecule has 0 aliphatic rings. The first kappa shape index (κ1) is 31.5. The molecule has 6 nitrogen and oxygen atoms in total. The lowest BCUT2D eigenvalue weighted by molar-refractivity contribution is -0.131. The van der Waals surface area contributed by atoms with Crippen LogP contribution < -0.4 is 0 Å². The Labute approximate surface area is 201 Å². The summed E-state index contributed by atoms with van der Waals surface area (Å²) in [6.07, 6.45) is 11.6. The number of unbranched alkanes of at least 4 members (excludes halogenated alkanes) is 2. The molecule has 0 spiro atoms. The van der Waals surface area contributed by atoms with E-state index in [9.17, 15) is 9.36 Å². The Morgan fingerprint density at radius 1 is 0.939 bits per heavy atom. The van der Waals surface area contributed by atoms with Crippen LogP contribution in [0.15, 0.2) is 36.4 Å². The molecular weight excluding hydrogens is 439 g/mol. The third-order valence-electron chi connectivity index (χ3n) is 5.46. The molecule has 0 saturated carbocycles. The summed E-state index contributed by atoms with van der Waals surface area (Å²) in [7, 11) is -2.00. The number of rotatable bonds is 17. The molecule has 1 rings (SSSR count). The molecule has 0 radical (unpaired) electrons. The first-order valence-corrected chi connectivity index (χ1v) is 13.7. The van der Waals surface area contributed by atoms with Crippen LogP contribution in [0.1, 0.15) is 84.6 Å². The maximum atomic E-state index is 12.5. The summed E-state index contributed by atoms with van der Waals surface area (Å²) in [5.74, 6) is -0.0722. The van der Waals surface area contributed by atoms with Gasteiger partial charge >= 0.3 is 13.8 Å². The third kappa shape index (κ3) is 16.7. The molecule has 1 N–H and O–H groups in total. The van der Waals surface area contributed by atoms with E-state index in [0.717, 1.165) is 37.3 Å². The number of benzene rings is 1. The van der Waals surface area contributed by atoms with E-state index in [1.54, 1.807) is 6.08 Å². The van der Waals surface area contributed by atoms with E-state index in [2.05, 4.69) is 27.7 Å². The van der Waals surface area contributed by atoms with Crippen LogP contribution in [0.4, 0.5) is 0 Å². The van der Waals surface area contributed by atoms with Crippen LogP contribution in [0.3, 0.4) is 0 Å². The fourth-order valence-corrected chi connectivity index (χ4v) is 4.14. The van der Waals surface area contributed by atoms with E-state index >= 15 is 0 Å². The van der Waals surface area contributed by atoms with Crippen molar-refractivity contribution in [2.45, 2.75) is 79.1 Å². The average molecular weight is 485 g/mol. The third-order valence-corrected chi connectivity index (χ3v) is 6.84. The molecule has 1 aromatic carbocycles. The van der Waals surface area contributed by atoms with Crippen LogP contribution in [0.2, 0.25) is 0 Å². The molecule has 1 aromatic rings. The fraction of sp³-hybridized carbons (Fsp3) is 0.654. The Hall–Kier alpha value is -1.46. The zero-order valence-electron chi connectivity index (χ0n) is 21.2. The van der Waals surface area contributed by atoms with Crippen molar-refractivity contribution in [3.05, 3.63) is 42.0 Å². The van der Waals surface area contributed by atoms with Crippen LogP contribution in [0.5, 0.6) is 0 Å². The second kappa shape index (κ2) is 20.0. The number of phosphoric acid groups is 1. The lowest BCUT2D eigenvalue weighted by Gasteiger charge is -2.22. The molecule has 0 saturated heterocycles. The van der Waals surface area contributed by atoms with Gasteiger partial charge in [-0.1, -0.05) is 96.6 Å². The molecule has 0 amide bonds. The van der Waals surface area contributed by atoms with Gasteiger partial charge in [0.2, 0.25) is 0 Å². The van der Waals surface area contributed by atoms with Crippen molar-refractivity contribution < 1.29 is 28.0 Å². The van der Waals surface area contributed by atoms with Gasteiger partial charge in [-0.05, 0) is 36.3 Å². The van der Waals surface area contributed by atoms with Gasteiger partial charge in [0.25, 0.3) is 0 Å². The molecule has 0 aromatic heterocycles. The van der Waals surface area contributed by atoms with Crippen molar-refractivity contribution in [3.63, 3.8) is 0 Å². The van der Waals surface area contributed by atoms with Crippen LogP contribution in [0.25, 0.3) is 6.08 Å². The summed E-state index contributed by atoms with van der Waals surface area (Å²) in [6.45, 7) is 9.54. The maximum absolute atomic E-state index is 12.5. The highest BCUT2D eigenvalue weighted by Crippen LogP contribution is 2.49. The Kier molecular flexibility index (Phi) is 19.1. The molecule has 0 aliphatic carbocycles. The molecule has 7 heteroatoms. The second-order valence-electron chi connectivity index (χ2n) is 8.14. The SMILES string of the molecule is CCCCC(CC)COP(=O)(OC)OCC(CC)CCCC.O=C(O)/C=C/c1ccccc1. The average Bonchev–Trinajstić information content (AvgIpc) is 2.84. The molecule has 2 atom stereocenters. The first-order valence-electron chi connectivity index (χ1n) is 12.2. The van der Waals surface area contributed by atoms with Gasteiger partial charge in [-0.25, -0.2) is 9.36 Å². The van der Waals surface area contributed by atoms with Crippen LogP contribution in [-0.2, 0) is 22.9 Å². The Morgan fingerprint density at radius 2 is 1.42 bits per heavy atom. The second-order valence-corrected chi connectivity index (χ2v) is 9.91. The van der Waals surface area contributed by atoms with E-state index in [0.29, 0.717) is 25.0 Å². The molecule has 0 heterocycles. The van der Waals surface area contributed by atoms with Crippen LogP contribution in [-0.4, -0.2) is 31.4 Å². The normalized spacial score (nSPS) is 14.8. The highest BCUT2D eigenvalue weighted by Gasteiger charge is 2.27. The first-order chi connectivity index (χ1) is 15.8. The predicted octanol–water partition coefficient (Wildman–Crippen LogP) is 7.99. The van der Waals surface area contributed by atoms with Crippen molar-refractivity contribution in [2.75, 3.05) is 20.3 Å². The number of carboxylic acids is 1. The standard InChI is InChI=1S/C17H37O4P.C9H8O2/c1-6-10-12-16(8-3)14-20-22(18,19-5)21-15-17(9-4)13-11-7-2;10-9(11)7-6-8-4-2-1-3-5-8/h16-17H,6-15H2,1-5H3;1-7H,(H,10,11)/b;7-6+. The quantitative estimate of drug-likeness (QED) is 0.178. The summed E-state index contributed by atoms with van der Waals surface area (Å²) in [5, 5.41) is 8.29. The van der Waals surface area contributed by atoms with E-state index in [-0.39, 0.29) is 0 Å². The van der Waals surface area contributed by atoms with E-state index in [4.69, 9.17) is 18.7 Å². The summed E-state index contributed by atoms with van der Waals surface area (Å²) in [6, 6.07) is 9.31. The highest BCUT2D eigenvalue weighted by molar-refractivity contribution is 7.48. The van der Waals surface area contributed by atoms with Gasteiger partial charge in [0.15, 0.2) is 0 Å². The van der Waals surface area contributed by atoms with Crippen molar-refractivity contribution in [3.8, 4) is 0 Å². The highest BCUT2D eigenvalue weighted by atomic mass is 31.2. The Morgan fingerprint density at radius 3 is 1.79 bits per heavy atom. The number of aliphatic carboxylic acids is 1. The number of carbonyl (C=O) groups is 1.